The van der Waals surface area contributed by atoms with Crippen molar-refractivity contribution in [2.45, 2.75) is 33.6 Å². The zero-order chi connectivity index (χ0) is 21.6. The zero-order valence-corrected chi connectivity index (χ0v) is 16.2. The fourth-order valence-corrected chi connectivity index (χ4v) is 2.18. The molecule has 0 aliphatic carbocycles. The SMILES string of the molecule is CCC(C)=O.Cc1nc(-c2ccc(N)cc2)nn1-c1ccc(OC(F)(F)F)cc1. The fraction of sp³-hybridized carbons (Fsp3) is 0.250. The molecule has 29 heavy (non-hydrogen) atoms. The van der Waals surface area contributed by atoms with Crippen LogP contribution in [0.25, 0.3) is 17.1 Å². The van der Waals surface area contributed by atoms with Crippen molar-refractivity contribution in [3.05, 3.63) is 54.4 Å². The molecule has 0 saturated heterocycles. The Morgan fingerprint density at radius 1 is 1.10 bits per heavy atom. The summed E-state index contributed by atoms with van der Waals surface area (Å²) in [6.45, 7) is 5.19. The number of hydrogen-bond donors (Lipinski definition) is 1. The van der Waals surface area contributed by atoms with E-state index in [-0.39, 0.29) is 11.5 Å². The van der Waals surface area contributed by atoms with E-state index >= 15 is 0 Å². The van der Waals surface area contributed by atoms with Crippen molar-refractivity contribution in [3.8, 4) is 22.8 Å². The molecule has 2 aromatic carbocycles. The van der Waals surface area contributed by atoms with E-state index in [0.717, 1.165) is 5.56 Å². The van der Waals surface area contributed by atoms with Crippen LogP contribution in [0.5, 0.6) is 5.75 Å². The van der Waals surface area contributed by atoms with Crippen molar-refractivity contribution in [2.24, 2.45) is 0 Å². The summed E-state index contributed by atoms with van der Waals surface area (Å²) in [6.07, 6.45) is -4.05. The summed E-state index contributed by atoms with van der Waals surface area (Å²) in [5, 5.41) is 4.39. The number of alkyl halides is 3. The average molecular weight is 406 g/mol. The lowest BCUT2D eigenvalue weighted by atomic mass is 10.2. The van der Waals surface area contributed by atoms with Gasteiger partial charge in [-0.2, -0.15) is 0 Å². The van der Waals surface area contributed by atoms with Crippen molar-refractivity contribution in [1.29, 1.82) is 0 Å². The second-order valence-electron chi connectivity index (χ2n) is 6.11. The third-order valence-corrected chi connectivity index (χ3v) is 3.75. The lowest BCUT2D eigenvalue weighted by molar-refractivity contribution is -0.274. The Kier molecular flexibility index (Phi) is 6.98. The van der Waals surface area contributed by atoms with Gasteiger partial charge in [-0.3, -0.25) is 0 Å². The van der Waals surface area contributed by atoms with E-state index in [2.05, 4.69) is 14.8 Å². The Morgan fingerprint density at radius 2 is 1.66 bits per heavy atom. The van der Waals surface area contributed by atoms with Gasteiger partial charge in [-0.25, -0.2) is 9.67 Å². The number of Topliss-reactive ketones (excluding diaryl/α,β-unsaturated/α-hetero) is 1. The summed E-state index contributed by atoms with van der Waals surface area (Å²) >= 11 is 0. The molecule has 1 heterocycles. The molecular formula is C20H21F3N4O2. The Morgan fingerprint density at radius 3 is 2.14 bits per heavy atom. The second kappa shape index (κ2) is 9.22. The van der Waals surface area contributed by atoms with E-state index in [1.54, 1.807) is 42.8 Å². The Hall–Kier alpha value is -3.36. The molecule has 0 atom stereocenters. The molecule has 0 spiro atoms. The number of nitrogens with two attached hydrogens (primary N) is 1. The van der Waals surface area contributed by atoms with Gasteiger partial charge < -0.3 is 15.3 Å². The first-order valence-corrected chi connectivity index (χ1v) is 8.74. The van der Waals surface area contributed by atoms with Crippen LogP contribution in [0.15, 0.2) is 48.5 Å². The van der Waals surface area contributed by atoms with Gasteiger partial charge in [0.05, 0.1) is 5.69 Å². The Bertz CT molecular complexity index is 949. The van der Waals surface area contributed by atoms with Gasteiger partial charge in [0.25, 0.3) is 0 Å². The minimum Gasteiger partial charge on any atom is -0.406 e. The van der Waals surface area contributed by atoms with E-state index in [9.17, 15) is 18.0 Å². The summed E-state index contributed by atoms with van der Waals surface area (Å²) < 4.78 is 42.0. The van der Waals surface area contributed by atoms with E-state index in [0.29, 0.717) is 29.4 Å². The van der Waals surface area contributed by atoms with Crippen molar-refractivity contribution < 1.29 is 22.7 Å². The van der Waals surface area contributed by atoms with Gasteiger partial charge in [0.1, 0.15) is 17.4 Å². The number of nitrogen functional groups attached to an aromatic ring is 1. The smallest absolute Gasteiger partial charge is 0.406 e. The van der Waals surface area contributed by atoms with Crippen molar-refractivity contribution >= 4 is 11.5 Å². The number of ketones is 1. The number of aromatic nitrogens is 3. The summed E-state index contributed by atoms with van der Waals surface area (Å²) in [5.74, 6) is 1.07. The van der Waals surface area contributed by atoms with Crippen LogP contribution in [-0.4, -0.2) is 26.9 Å². The van der Waals surface area contributed by atoms with Crippen molar-refractivity contribution in [2.75, 3.05) is 5.73 Å². The third-order valence-electron chi connectivity index (χ3n) is 3.75. The standard InChI is InChI=1S/C16H13F3N4O.C4H8O/c1-10-21-15(11-2-4-12(20)5-3-11)22-23(10)13-6-8-14(9-7-13)24-16(17,18)19;1-3-4(2)5/h2-9H,20H2,1H3;3H2,1-2H3. The number of anilines is 1. The number of carbonyl (C=O) groups is 1. The average Bonchev–Trinajstić information content (AvgIpc) is 3.04. The normalized spacial score (nSPS) is 10.8. The van der Waals surface area contributed by atoms with Crippen molar-refractivity contribution in [1.82, 2.24) is 14.8 Å². The first-order valence-electron chi connectivity index (χ1n) is 8.74. The lowest BCUT2D eigenvalue weighted by Gasteiger charge is -2.09. The predicted octanol–water partition coefficient (Wildman–Crippen LogP) is 4.71. The number of ether oxygens (including phenoxy) is 1. The van der Waals surface area contributed by atoms with E-state index in [1.165, 1.54) is 24.3 Å². The molecule has 0 unspecified atom stereocenters. The summed E-state index contributed by atoms with van der Waals surface area (Å²) in [5.41, 5.74) is 7.66. The molecule has 3 aromatic rings. The number of nitrogens with zero attached hydrogens (tertiary/aromatic N) is 3. The first-order chi connectivity index (χ1) is 13.6. The van der Waals surface area contributed by atoms with Gasteiger partial charge >= 0.3 is 6.36 Å². The van der Waals surface area contributed by atoms with E-state index in [4.69, 9.17) is 5.73 Å². The number of carbonyl (C=O) groups excluding carboxylic acids is 1. The predicted molar refractivity (Wildman–Crippen MR) is 104 cm³/mol. The largest absolute Gasteiger partial charge is 0.573 e. The maximum absolute atomic E-state index is 12.2. The number of aryl methyl sites for hydroxylation is 1. The molecule has 1 aromatic heterocycles. The van der Waals surface area contributed by atoms with Crippen LogP contribution in [0.1, 0.15) is 26.1 Å². The molecule has 9 heteroatoms. The van der Waals surface area contributed by atoms with Crippen LogP contribution < -0.4 is 10.5 Å². The molecule has 154 valence electrons. The van der Waals surface area contributed by atoms with E-state index < -0.39 is 6.36 Å². The molecule has 0 aliphatic rings. The summed E-state index contributed by atoms with van der Waals surface area (Å²) in [7, 11) is 0. The molecule has 0 saturated carbocycles. The highest BCUT2D eigenvalue weighted by atomic mass is 19.4. The van der Waals surface area contributed by atoms with Gasteiger partial charge in [-0.05, 0) is 62.4 Å². The topological polar surface area (TPSA) is 83.0 Å². The minimum absolute atomic E-state index is 0.255. The number of rotatable bonds is 4. The quantitative estimate of drug-likeness (QED) is 0.635. The molecule has 0 amide bonds. The van der Waals surface area contributed by atoms with Crippen LogP contribution in [0.2, 0.25) is 0 Å². The summed E-state index contributed by atoms with van der Waals surface area (Å²) in [6, 6.07) is 12.5. The number of hydrogen-bond acceptors (Lipinski definition) is 5. The first kappa shape index (κ1) is 21.9. The molecular weight excluding hydrogens is 385 g/mol. The zero-order valence-electron chi connectivity index (χ0n) is 16.2. The minimum atomic E-state index is -4.72. The highest BCUT2D eigenvalue weighted by Crippen LogP contribution is 2.24. The van der Waals surface area contributed by atoms with Gasteiger partial charge in [0.2, 0.25) is 0 Å². The van der Waals surface area contributed by atoms with E-state index in [1.807, 2.05) is 6.92 Å². The molecule has 3 rings (SSSR count). The second-order valence-corrected chi connectivity index (χ2v) is 6.11. The number of benzene rings is 2. The maximum atomic E-state index is 12.2. The number of halogens is 3. The lowest BCUT2D eigenvalue weighted by Crippen LogP contribution is -2.17. The summed E-state index contributed by atoms with van der Waals surface area (Å²) in [4.78, 5) is 14.2. The molecule has 0 aliphatic heterocycles. The molecule has 6 nitrogen and oxygen atoms in total. The van der Waals surface area contributed by atoms with Crippen LogP contribution in [-0.2, 0) is 4.79 Å². The highest BCUT2D eigenvalue weighted by Gasteiger charge is 2.31. The molecule has 2 N–H and O–H groups in total. The monoisotopic (exact) mass is 406 g/mol. The van der Waals surface area contributed by atoms with Crippen LogP contribution in [0, 0.1) is 6.92 Å². The Balaban J connectivity index is 0.000000537. The van der Waals surface area contributed by atoms with Crippen LogP contribution in [0.3, 0.4) is 0 Å². The fourth-order valence-electron chi connectivity index (χ4n) is 2.18. The molecule has 0 radical (unpaired) electrons. The van der Waals surface area contributed by atoms with Gasteiger partial charge in [0.15, 0.2) is 5.82 Å². The van der Waals surface area contributed by atoms with Gasteiger partial charge in [-0.1, -0.05) is 6.92 Å². The van der Waals surface area contributed by atoms with Crippen molar-refractivity contribution in [3.63, 3.8) is 0 Å². The molecule has 0 fully saturated rings. The van der Waals surface area contributed by atoms with Gasteiger partial charge in [-0.15, -0.1) is 18.3 Å². The maximum Gasteiger partial charge on any atom is 0.573 e. The van der Waals surface area contributed by atoms with Crippen LogP contribution in [0.4, 0.5) is 18.9 Å². The third kappa shape index (κ3) is 6.63. The Labute approximate surface area is 166 Å². The highest BCUT2D eigenvalue weighted by molar-refractivity contribution is 5.74. The van der Waals surface area contributed by atoms with Gasteiger partial charge in [0, 0.05) is 17.7 Å². The van der Waals surface area contributed by atoms with Crippen LogP contribution >= 0.6 is 0 Å². The molecule has 0 bridgehead atoms.